The van der Waals surface area contributed by atoms with E-state index in [1.807, 2.05) is 64.1 Å². The molecule has 1 heterocycles. The fourth-order valence-electron chi connectivity index (χ4n) is 2.56. The summed E-state index contributed by atoms with van der Waals surface area (Å²) >= 11 is 0. The van der Waals surface area contributed by atoms with Crippen LogP contribution in [0.5, 0.6) is 0 Å². The van der Waals surface area contributed by atoms with Gasteiger partial charge in [0.05, 0.1) is 0 Å². The van der Waals surface area contributed by atoms with Crippen molar-refractivity contribution in [3.8, 4) is 0 Å². The van der Waals surface area contributed by atoms with Gasteiger partial charge in [-0.3, -0.25) is 4.79 Å². The van der Waals surface area contributed by atoms with Gasteiger partial charge in [0.2, 0.25) is 5.91 Å². The van der Waals surface area contributed by atoms with Crippen molar-refractivity contribution in [2.24, 2.45) is 0 Å². The van der Waals surface area contributed by atoms with E-state index >= 15 is 0 Å². The summed E-state index contributed by atoms with van der Waals surface area (Å²) in [6, 6.07) is 11.3. The molecule has 5 nitrogen and oxygen atoms in total. The predicted molar refractivity (Wildman–Crippen MR) is 96.4 cm³/mol. The zero-order chi connectivity index (χ0) is 17.3. The van der Waals surface area contributed by atoms with Gasteiger partial charge in [-0.2, -0.15) is 0 Å². The Morgan fingerprint density at radius 2 is 1.92 bits per heavy atom. The molecule has 5 heteroatoms. The average molecular weight is 323 g/mol. The van der Waals surface area contributed by atoms with Crippen LogP contribution in [0, 0.1) is 20.8 Å². The first-order valence-corrected chi connectivity index (χ1v) is 7.94. The Hall–Kier alpha value is -2.82. The number of hydrogen-bond donors (Lipinski definition) is 2. The first kappa shape index (κ1) is 16.1. The molecule has 24 heavy (non-hydrogen) atoms. The van der Waals surface area contributed by atoms with Gasteiger partial charge < -0.3 is 15.1 Å². The van der Waals surface area contributed by atoms with E-state index < -0.39 is 0 Å². The second-order valence-electron chi connectivity index (χ2n) is 6.09. The van der Waals surface area contributed by atoms with Gasteiger partial charge in [-0.05, 0) is 56.2 Å². The van der Waals surface area contributed by atoms with Gasteiger partial charge in [-0.25, -0.2) is 4.98 Å². The summed E-state index contributed by atoms with van der Waals surface area (Å²) in [7, 11) is 0. The number of rotatable bonds is 4. The van der Waals surface area contributed by atoms with E-state index in [0.717, 1.165) is 33.6 Å². The van der Waals surface area contributed by atoms with Crippen LogP contribution in [-0.4, -0.2) is 16.9 Å². The number of carbonyl (C=O) groups is 1. The summed E-state index contributed by atoms with van der Waals surface area (Å²) in [6.45, 7) is 7.63. The lowest BCUT2D eigenvalue weighted by molar-refractivity contribution is -0.116. The molecule has 0 saturated heterocycles. The number of anilines is 2. The van der Waals surface area contributed by atoms with Gasteiger partial charge in [0.15, 0.2) is 11.5 Å². The monoisotopic (exact) mass is 323 g/mol. The fourth-order valence-corrected chi connectivity index (χ4v) is 2.56. The van der Waals surface area contributed by atoms with Crippen molar-refractivity contribution in [2.75, 3.05) is 10.6 Å². The highest BCUT2D eigenvalue weighted by Crippen LogP contribution is 2.21. The molecule has 2 N–H and O–H groups in total. The van der Waals surface area contributed by atoms with Crippen molar-refractivity contribution in [1.82, 2.24) is 4.98 Å². The van der Waals surface area contributed by atoms with Crippen molar-refractivity contribution in [3.05, 3.63) is 53.4 Å². The molecule has 0 spiro atoms. The number of aryl methyl sites for hydroxylation is 3. The molecule has 124 valence electrons. The molecule has 0 bridgehead atoms. The number of nitrogens with zero attached hydrogens (tertiary/aromatic N) is 1. The van der Waals surface area contributed by atoms with Crippen LogP contribution in [0.4, 0.5) is 11.4 Å². The third-order valence-electron chi connectivity index (χ3n) is 3.92. The summed E-state index contributed by atoms with van der Waals surface area (Å²) in [4.78, 5) is 16.7. The Labute approximate surface area is 141 Å². The SMILES string of the molecule is Cc1ccc(C)c(NC(=O)C(C)Nc2ccc3oc(C)nc3c2)c1. The van der Waals surface area contributed by atoms with E-state index in [1.54, 1.807) is 0 Å². The van der Waals surface area contributed by atoms with E-state index in [0.29, 0.717) is 5.89 Å². The van der Waals surface area contributed by atoms with Gasteiger partial charge in [0.1, 0.15) is 11.6 Å². The predicted octanol–water partition coefficient (Wildman–Crippen LogP) is 4.19. The minimum absolute atomic E-state index is 0.0832. The highest BCUT2D eigenvalue weighted by atomic mass is 16.3. The third kappa shape index (κ3) is 3.40. The summed E-state index contributed by atoms with van der Waals surface area (Å²) in [5, 5.41) is 6.18. The van der Waals surface area contributed by atoms with E-state index in [2.05, 4.69) is 15.6 Å². The number of aromatic nitrogens is 1. The fraction of sp³-hybridized carbons (Fsp3) is 0.263. The Balaban J connectivity index is 1.71. The second kappa shape index (κ2) is 6.35. The molecule has 0 aliphatic heterocycles. The molecule has 1 atom stereocenters. The van der Waals surface area contributed by atoms with Gasteiger partial charge in [0, 0.05) is 18.3 Å². The van der Waals surface area contributed by atoms with Gasteiger partial charge in [-0.15, -0.1) is 0 Å². The minimum atomic E-state index is -0.379. The first-order valence-electron chi connectivity index (χ1n) is 7.94. The standard InChI is InChI=1S/C19H21N3O2/c1-11-5-6-12(2)16(9-11)22-19(23)13(3)20-15-7-8-18-17(10-15)21-14(4)24-18/h5-10,13,20H,1-4H3,(H,22,23). The number of carbonyl (C=O) groups excluding carboxylic acids is 1. The lowest BCUT2D eigenvalue weighted by Crippen LogP contribution is -2.32. The summed E-state index contributed by atoms with van der Waals surface area (Å²) in [5.74, 6) is 0.544. The summed E-state index contributed by atoms with van der Waals surface area (Å²) < 4.78 is 5.46. The van der Waals surface area contributed by atoms with Crippen LogP contribution < -0.4 is 10.6 Å². The van der Waals surface area contributed by atoms with Crippen molar-refractivity contribution in [1.29, 1.82) is 0 Å². The number of hydrogen-bond acceptors (Lipinski definition) is 4. The Kier molecular flexibility index (Phi) is 4.25. The third-order valence-corrected chi connectivity index (χ3v) is 3.92. The normalized spacial score (nSPS) is 12.2. The van der Waals surface area contributed by atoms with Crippen molar-refractivity contribution >= 4 is 28.4 Å². The maximum Gasteiger partial charge on any atom is 0.246 e. The molecule has 0 radical (unpaired) electrons. The quantitative estimate of drug-likeness (QED) is 0.755. The molecule has 0 fully saturated rings. The molecular formula is C19H21N3O2. The van der Waals surface area contributed by atoms with Gasteiger partial charge >= 0.3 is 0 Å². The molecule has 3 aromatic rings. The minimum Gasteiger partial charge on any atom is -0.441 e. The second-order valence-corrected chi connectivity index (χ2v) is 6.09. The van der Waals surface area contributed by atoms with E-state index in [1.165, 1.54) is 0 Å². The molecule has 0 aliphatic rings. The zero-order valence-electron chi connectivity index (χ0n) is 14.3. The van der Waals surface area contributed by atoms with E-state index in [-0.39, 0.29) is 11.9 Å². The highest BCUT2D eigenvalue weighted by molar-refractivity contribution is 5.97. The van der Waals surface area contributed by atoms with E-state index in [9.17, 15) is 4.79 Å². The lowest BCUT2D eigenvalue weighted by atomic mass is 10.1. The number of nitrogens with one attached hydrogen (secondary N) is 2. The van der Waals surface area contributed by atoms with Crippen LogP contribution >= 0.6 is 0 Å². The Bertz CT molecular complexity index is 899. The molecule has 1 amide bonds. The van der Waals surface area contributed by atoms with Crippen LogP contribution in [0.2, 0.25) is 0 Å². The average Bonchev–Trinajstić information content (AvgIpc) is 2.90. The van der Waals surface area contributed by atoms with Crippen molar-refractivity contribution in [3.63, 3.8) is 0 Å². The van der Waals surface area contributed by atoms with Crippen LogP contribution in [0.15, 0.2) is 40.8 Å². The van der Waals surface area contributed by atoms with Crippen molar-refractivity contribution < 1.29 is 9.21 Å². The molecule has 0 saturated carbocycles. The number of amides is 1. The first-order chi connectivity index (χ1) is 11.4. The zero-order valence-corrected chi connectivity index (χ0v) is 14.3. The highest BCUT2D eigenvalue weighted by Gasteiger charge is 2.14. The topological polar surface area (TPSA) is 67.2 Å². The smallest absolute Gasteiger partial charge is 0.246 e. The molecule has 1 unspecified atom stereocenters. The summed E-state index contributed by atoms with van der Waals surface area (Å²) in [6.07, 6.45) is 0. The van der Waals surface area contributed by atoms with Crippen molar-refractivity contribution in [2.45, 2.75) is 33.7 Å². The number of benzene rings is 2. The van der Waals surface area contributed by atoms with Crippen LogP contribution in [0.3, 0.4) is 0 Å². The molecule has 0 aliphatic carbocycles. The Morgan fingerprint density at radius 3 is 2.71 bits per heavy atom. The molecular weight excluding hydrogens is 302 g/mol. The molecule has 1 aromatic heterocycles. The van der Waals surface area contributed by atoms with Crippen LogP contribution in [0.1, 0.15) is 23.9 Å². The van der Waals surface area contributed by atoms with E-state index in [4.69, 9.17) is 4.42 Å². The molecule has 2 aromatic carbocycles. The van der Waals surface area contributed by atoms with Crippen LogP contribution in [0.25, 0.3) is 11.1 Å². The lowest BCUT2D eigenvalue weighted by Gasteiger charge is -2.16. The number of fused-ring (bicyclic) bond motifs is 1. The van der Waals surface area contributed by atoms with Gasteiger partial charge in [0.25, 0.3) is 0 Å². The maximum absolute atomic E-state index is 12.4. The Morgan fingerprint density at radius 1 is 1.12 bits per heavy atom. The van der Waals surface area contributed by atoms with Crippen LogP contribution in [-0.2, 0) is 4.79 Å². The largest absolute Gasteiger partial charge is 0.441 e. The summed E-state index contributed by atoms with van der Waals surface area (Å²) in [5.41, 5.74) is 5.35. The molecule has 3 rings (SSSR count). The maximum atomic E-state index is 12.4. The number of oxazole rings is 1. The van der Waals surface area contributed by atoms with Gasteiger partial charge in [-0.1, -0.05) is 12.1 Å².